The van der Waals surface area contributed by atoms with E-state index in [1.807, 2.05) is 9.80 Å². The molecular formula is C16H20F3N3O2. The third kappa shape index (κ3) is 3.80. The van der Waals surface area contributed by atoms with E-state index in [9.17, 15) is 18.0 Å². The number of carbonyl (C=O) groups is 1. The molecule has 0 spiro atoms. The molecule has 8 heteroatoms. The number of aromatic nitrogens is 1. The summed E-state index contributed by atoms with van der Waals surface area (Å²) in [6, 6.07) is 2.42. The molecule has 2 saturated heterocycles. The molecule has 1 aromatic heterocycles. The predicted molar refractivity (Wildman–Crippen MR) is 81.6 cm³/mol. The molecule has 5 nitrogen and oxygen atoms in total. The van der Waals surface area contributed by atoms with Crippen LogP contribution in [0.15, 0.2) is 18.3 Å². The number of amides is 1. The molecule has 2 fully saturated rings. The second kappa shape index (κ2) is 6.96. The van der Waals surface area contributed by atoms with Gasteiger partial charge in [0.05, 0.1) is 24.7 Å². The van der Waals surface area contributed by atoms with Gasteiger partial charge in [-0.1, -0.05) is 0 Å². The van der Waals surface area contributed by atoms with E-state index in [0.717, 1.165) is 25.1 Å². The van der Waals surface area contributed by atoms with Gasteiger partial charge in [0.25, 0.3) is 0 Å². The predicted octanol–water partition coefficient (Wildman–Crippen LogP) is 2.18. The third-order valence-electron chi connectivity index (χ3n) is 4.49. The minimum Gasteiger partial charge on any atom is -0.378 e. The Morgan fingerprint density at radius 3 is 2.58 bits per heavy atom. The van der Waals surface area contributed by atoms with E-state index in [1.165, 1.54) is 6.07 Å². The molecule has 0 radical (unpaired) electrons. The standard InChI is InChI=1S/C16H20F3N3O2/c17-16(18,19)13-3-4-14(20-10-13)22-5-1-2-12(11-22)15(23)21-6-8-24-9-7-21/h3-4,10,12H,1-2,5-9,11H2. The van der Waals surface area contributed by atoms with Crippen LogP contribution in [0.4, 0.5) is 19.0 Å². The van der Waals surface area contributed by atoms with Gasteiger partial charge in [0.1, 0.15) is 5.82 Å². The number of rotatable bonds is 2. The van der Waals surface area contributed by atoms with Crippen LogP contribution in [0.1, 0.15) is 18.4 Å². The summed E-state index contributed by atoms with van der Waals surface area (Å²) in [6.45, 7) is 3.52. The maximum Gasteiger partial charge on any atom is 0.417 e. The molecule has 1 unspecified atom stereocenters. The highest BCUT2D eigenvalue weighted by molar-refractivity contribution is 5.79. The molecule has 2 aliphatic rings. The largest absolute Gasteiger partial charge is 0.417 e. The molecule has 0 bridgehead atoms. The number of ether oxygens (including phenoxy) is 1. The summed E-state index contributed by atoms with van der Waals surface area (Å²) in [4.78, 5) is 20.2. The van der Waals surface area contributed by atoms with Crippen molar-refractivity contribution in [2.75, 3.05) is 44.3 Å². The normalized spacial score (nSPS) is 22.5. The van der Waals surface area contributed by atoms with Gasteiger partial charge in [-0.3, -0.25) is 4.79 Å². The molecule has 0 aromatic carbocycles. The van der Waals surface area contributed by atoms with E-state index in [4.69, 9.17) is 4.74 Å². The van der Waals surface area contributed by atoms with Crippen molar-refractivity contribution in [3.63, 3.8) is 0 Å². The van der Waals surface area contributed by atoms with Crippen LogP contribution in [0, 0.1) is 5.92 Å². The van der Waals surface area contributed by atoms with Crippen molar-refractivity contribution < 1.29 is 22.7 Å². The maximum absolute atomic E-state index is 12.6. The summed E-state index contributed by atoms with van der Waals surface area (Å²) < 4.78 is 43.1. The second-order valence-electron chi connectivity index (χ2n) is 6.13. The van der Waals surface area contributed by atoms with Crippen LogP contribution in [0.3, 0.4) is 0 Å². The molecule has 2 aliphatic heterocycles. The zero-order valence-corrected chi connectivity index (χ0v) is 13.3. The molecule has 1 atom stereocenters. The molecule has 1 aromatic rings. The summed E-state index contributed by atoms with van der Waals surface area (Å²) in [5, 5.41) is 0. The Hall–Kier alpha value is -1.83. The fourth-order valence-corrected chi connectivity index (χ4v) is 3.17. The Morgan fingerprint density at radius 1 is 1.21 bits per heavy atom. The van der Waals surface area contributed by atoms with Gasteiger partial charge >= 0.3 is 6.18 Å². The molecule has 3 rings (SSSR count). The van der Waals surface area contributed by atoms with Gasteiger partial charge in [-0.25, -0.2) is 4.98 Å². The highest BCUT2D eigenvalue weighted by Gasteiger charge is 2.32. The third-order valence-corrected chi connectivity index (χ3v) is 4.49. The average Bonchev–Trinajstić information content (AvgIpc) is 2.61. The smallest absolute Gasteiger partial charge is 0.378 e. The van der Waals surface area contributed by atoms with Gasteiger partial charge in [0.2, 0.25) is 5.91 Å². The molecule has 24 heavy (non-hydrogen) atoms. The summed E-state index contributed by atoms with van der Waals surface area (Å²) in [6.07, 6.45) is -1.91. The monoisotopic (exact) mass is 343 g/mol. The quantitative estimate of drug-likeness (QED) is 0.826. The summed E-state index contributed by atoms with van der Waals surface area (Å²) >= 11 is 0. The van der Waals surface area contributed by atoms with Gasteiger partial charge in [-0.05, 0) is 25.0 Å². The van der Waals surface area contributed by atoms with Crippen molar-refractivity contribution in [3.8, 4) is 0 Å². The number of hydrogen-bond acceptors (Lipinski definition) is 4. The number of morpholine rings is 1. The average molecular weight is 343 g/mol. The molecule has 0 aliphatic carbocycles. The fourth-order valence-electron chi connectivity index (χ4n) is 3.17. The minimum absolute atomic E-state index is 0.106. The molecule has 0 saturated carbocycles. The first-order valence-electron chi connectivity index (χ1n) is 8.10. The molecule has 3 heterocycles. The number of anilines is 1. The zero-order valence-electron chi connectivity index (χ0n) is 13.3. The summed E-state index contributed by atoms with van der Waals surface area (Å²) in [5.41, 5.74) is -0.760. The SMILES string of the molecule is O=C(C1CCCN(c2ccc(C(F)(F)F)cn2)C1)N1CCOCC1. The second-order valence-corrected chi connectivity index (χ2v) is 6.13. The van der Waals surface area contributed by atoms with Gasteiger partial charge in [0, 0.05) is 32.4 Å². The van der Waals surface area contributed by atoms with E-state index < -0.39 is 11.7 Å². The van der Waals surface area contributed by atoms with Crippen molar-refractivity contribution in [3.05, 3.63) is 23.9 Å². The molecular weight excluding hydrogens is 323 g/mol. The Balaban J connectivity index is 1.65. The number of alkyl halides is 3. The lowest BCUT2D eigenvalue weighted by molar-refractivity contribution is -0.140. The lowest BCUT2D eigenvalue weighted by atomic mass is 9.96. The van der Waals surface area contributed by atoms with E-state index >= 15 is 0 Å². The van der Waals surface area contributed by atoms with Crippen LogP contribution in [0.5, 0.6) is 0 Å². The van der Waals surface area contributed by atoms with Crippen molar-refractivity contribution in [2.45, 2.75) is 19.0 Å². The molecule has 1 amide bonds. The van der Waals surface area contributed by atoms with Crippen LogP contribution in [0.2, 0.25) is 0 Å². The van der Waals surface area contributed by atoms with Crippen LogP contribution in [-0.2, 0) is 15.7 Å². The maximum atomic E-state index is 12.6. The first-order chi connectivity index (χ1) is 11.4. The first-order valence-corrected chi connectivity index (χ1v) is 8.10. The number of halogens is 3. The fraction of sp³-hybridized carbons (Fsp3) is 0.625. The Morgan fingerprint density at radius 2 is 1.96 bits per heavy atom. The van der Waals surface area contributed by atoms with Crippen molar-refractivity contribution in [2.24, 2.45) is 5.92 Å². The van der Waals surface area contributed by atoms with E-state index in [2.05, 4.69) is 4.98 Å². The zero-order chi connectivity index (χ0) is 17.2. The highest BCUT2D eigenvalue weighted by Crippen LogP contribution is 2.30. The van der Waals surface area contributed by atoms with Crippen LogP contribution >= 0.6 is 0 Å². The van der Waals surface area contributed by atoms with E-state index in [0.29, 0.717) is 45.2 Å². The minimum atomic E-state index is -4.39. The van der Waals surface area contributed by atoms with Gasteiger partial charge in [0.15, 0.2) is 0 Å². The van der Waals surface area contributed by atoms with Crippen LogP contribution in [0.25, 0.3) is 0 Å². The van der Waals surface area contributed by atoms with Crippen LogP contribution in [-0.4, -0.2) is 55.2 Å². The first kappa shape index (κ1) is 17.0. The highest BCUT2D eigenvalue weighted by atomic mass is 19.4. The Kier molecular flexibility index (Phi) is 4.93. The number of pyridine rings is 1. The van der Waals surface area contributed by atoms with Crippen molar-refractivity contribution >= 4 is 11.7 Å². The summed E-state index contributed by atoms with van der Waals surface area (Å²) in [7, 11) is 0. The molecule has 0 N–H and O–H groups in total. The van der Waals surface area contributed by atoms with Gasteiger partial charge in [-0.15, -0.1) is 0 Å². The lowest BCUT2D eigenvalue weighted by Gasteiger charge is -2.36. The molecule has 132 valence electrons. The number of hydrogen-bond donors (Lipinski definition) is 0. The van der Waals surface area contributed by atoms with Crippen molar-refractivity contribution in [1.82, 2.24) is 9.88 Å². The Labute approximate surface area is 138 Å². The number of nitrogens with zero attached hydrogens (tertiary/aromatic N) is 3. The van der Waals surface area contributed by atoms with Crippen LogP contribution < -0.4 is 4.90 Å². The van der Waals surface area contributed by atoms with E-state index in [-0.39, 0.29) is 11.8 Å². The van der Waals surface area contributed by atoms with E-state index in [1.54, 1.807) is 0 Å². The van der Waals surface area contributed by atoms with Gasteiger partial charge < -0.3 is 14.5 Å². The number of piperidine rings is 1. The summed E-state index contributed by atoms with van der Waals surface area (Å²) in [5.74, 6) is 0.457. The topological polar surface area (TPSA) is 45.7 Å². The lowest BCUT2D eigenvalue weighted by Crippen LogP contribution is -2.48. The van der Waals surface area contributed by atoms with Crippen molar-refractivity contribution in [1.29, 1.82) is 0 Å². The Bertz CT molecular complexity index is 571. The number of carbonyl (C=O) groups excluding carboxylic acids is 1. The van der Waals surface area contributed by atoms with Gasteiger partial charge in [-0.2, -0.15) is 13.2 Å².